The summed E-state index contributed by atoms with van der Waals surface area (Å²) in [5.74, 6) is -0.0710. The van der Waals surface area contributed by atoms with Gasteiger partial charge in [0.25, 0.3) is 0 Å². The normalized spacial score (nSPS) is 17.1. The number of hydrogen-bond acceptors (Lipinski definition) is 5. The van der Waals surface area contributed by atoms with Crippen LogP contribution in [0.2, 0.25) is 0 Å². The van der Waals surface area contributed by atoms with E-state index in [0.717, 1.165) is 24.0 Å². The maximum absolute atomic E-state index is 15.5. The summed E-state index contributed by atoms with van der Waals surface area (Å²) in [6, 6.07) is 16.2. The lowest BCUT2D eigenvalue weighted by Gasteiger charge is -2.35. The number of halogens is 1. The molecule has 188 valence electrons. The van der Waals surface area contributed by atoms with Crippen LogP contribution in [0.5, 0.6) is 0 Å². The first-order valence-corrected chi connectivity index (χ1v) is 12.5. The van der Waals surface area contributed by atoms with Gasteiger partial charge >= 0.3 is 5.69 Å². The van der Waals surface area contributed by atoms with Gasteiger partial charge in [0.1, 0.15) is 0 Å². The molecule has 3 aromatic rings. The van der Waals surface area contributed by atoms with Gasteiger partial charge in [-0.1, -0.05) is 42.5 Å². The van der Waals surface area contributed by atoms with Crippen LogP contribution in [0.15, 0.2) is 59.4 Å². The van der Waals surface area contributed by atoms with E-state index in [1.807, 2.05) is 66.0 Å². The SMILES string of the molecule is CN(C)CCCNC(CC(F)N1CCC(n2c(=O)[nH]c3ccccc32)CC1)C(=O)c1ccccc1. The molecule has 0 amide bonds. The maximum atomic E-state index is 15.5. The highest BCUT2D eigenvalue weighted by atomic mass is 19.1. The smallest absolute Gasteiger partial charge is 0.309 e. The molecule has 2 heterocycles. The van der Waals surface area contributed by atoms with Crippen molar-refractivity contribution in [3.63, 3.8) is 0 Å². The molecular weight excluding hydrogens is 445 g/mol. The van der Waals surface area contributed by atoms with Crippen LogP contribution in [0.1, 0.15) is 42.1 Å². The predicted molar refractivity (Wildman–Crippen MR) is 138 cm³/mol. The van der Waals surface area contributed by atoms with Crippen LogP contribution >= 0.6 is 0 Å². The number of aromatic nitrogens is 2. The second kappa shape index (κ2) is 11.7. The van der Waals surface area contributed by atoms with Gasteiger partial charge in [-0.15, -0.1) is 0 Å². The van der Waals surface area contributed by atoms with E-state index in [-0.39, 0.29) is 23.9 Å². The second-order valence-corrected chi connectivity index (χ2v) is 9.65. The molecule has 2 aromatic carbocycles. The number of imidazole rings is 1. The topological polar surface area (TPSA) is 73.4 Å². The van der Waals surface area contributed by atoms with E-state index in [1.165, 1.54) is 0 Å². The number of alkyl halides is 1. The van der Waals surface area contributed by atoms with Crippen LogP contribution in [-0.2, 0) is 0 Å². The monoisotopic (exact) mass is 481 g/mol. The second-order valence-electron chi connectivity index (χ2n) is 9.65. The fourth-order valence-corrected chi connectivity index (χ4v) is 4.96. The number of nitrogens with one attached hydrogen (secondary N) is 2. The Hall–Kier alpha value is -2.81. The average molecular weight is 482 g/mol. The third-order valence-corrected chi connectivity index (χ3v) is 6.86. The summed E-state index contributed by atoms with van der Waals surface area (Å²) in [6.07, 6.45) is 1.14. The number of piperidine rings is 1. The molecule has 0 saturated carbocycles. The van der Waals surface area contributed by atoms with Crippen molar-refractivity contribution in [2.45, 2.75) is 44.1 Å². The van der Waals surface area contributed by atoms with E-state index >= 15 is 4.39 Å². The van der Waals surface area contributed by atoms with Crippen molar-refractivity contribution in [2.24, 2.45) is 0 Å². The van der Waals surface area contributed by atoms with E-state index < -0.39 is 12.3 Å². The number of ketones is 1. The molecular formula is C27H36FN5O2. The van der Waals surface area contributed by atoms with Gasteiger partial charge in [0.2, 0.25) is 0 Å². The average Bonchev–Trinajstić information content (AvgIpc) is 3.21. The number of aromatic amines is 1. The van der Waals surface area contributed by atoms with Crippen molar-refractivity contribution in [3.05, 3.63) is 70.6 Å². The Kier molecular flexibility index (Phi) is 8.49. The van der Waals surface area contributed by atoms with Gasteiger partial charge in [-0.2, -0.15) is 0 Å². The van der Waals surface area contributed by atoms with Crippen LogP contribution in [0.3, 0.4) is 0 Å². The van der Waals surface area contributed by atoms with Crippen molar-refractivity contribution in [1.82, 2.24) is 24.7 Å². The zero-order valence-electron chi connectivity index (χ0n) is 20.6. The maximum Gasteiger partial charge on any atom is 0.326 e. The standard InChI is InChI=1S/C27H36FN5O2/c1-31(2)16-8-15-29-23(26(34)20-9-4-3-5-10-20)19-25(28)32-17-13-21(14-18-32)33-24-12-7-6-11-22(24)30-27(33)35/h3-7,9-12,21,23,25,29H,8,13-19H2,1-2H3,(H,30,35). The van der Waals surface area contributed by atoms with Gasteiger partial charge in [-0.05, 0) is 58.6 Å². The van der Waals surface area contributed by atoms with Gasteiger partial charge in [0, 0.05) is 31.1 Å². The first-order chi connectivity index (χ1) is 16.9. The first kappa shape index (κ1) is 25.3. The molecule has 1 aromatic heterocycles. The highest BCUT2D eigenvalue weighted by Crippen LogP contribution is 2.27. The molecule has 35 heavy (non-hydrogen) atoms. The highest BCUT2D eigenvalue weighted by molar-refractivity contribution is 6.00. The van der Waals surface area contributed by atoms with E-state index in [0.29, 0.717) is 38.0 Å². The van der Waals surface area contributed by atoms with Gasteiger partial charge in [0.15, 0.2) is 12.1 Å². The largest absolute Gasteiger partial charge is 0.326 e. The minimum absolute atomic E-state index is 0.0352. The van der Waals surface area contributed by atoms with Gasteiger partial charge < -0.3 is 15.2 Å². The Morgan fingerprint density at radius 2 is 1.80 bits per heavy atom. The summed E-state index contributed by atoms with van der Waals surface area (Å²) in [6.45, 7) is 2.65. The van der Waals surface area contributed by atoms with Crippen molar-refractivity contribution < 1.29 is 9.18 Å². The molecule has 8 heteroatoms. The fraction of sp³-hybridized carbons (Fsp3) is 0.481. The molecule has 1 aliphatic rings. The van der Waals surface area contributed by atoms with E-state index in [1.54, 1.807) is 12.1 Å². The van der Waals surface area contributed by atoms with Crippen LogP contribution in [0.4, 0.5) is 4.39 Å². The summed E-state index contributed by atoms with van der Waals surface area (Å²) in [5, 5.41) is 3.31. The van der Waals surface area contributed by atoms with Crippen molar-refractivity contribution in [1.29, 1.82) is 0 Å². The molecule has 0 bridgehead atoms. The van der Waals surface area contributed by atoms with Crippen LogP contribution < -0.4 is 11.0 Å². The number of H-pyrrole nitrogens is 1. The van der Waals surface area contributed by atoms with Crippen LogP contribution in [0.25, 0.3) is 11.0 Å². The number of rotatable bonds is 11. The number of fused-ring (bicyclic) bond motifs is 1. The molecule has 2 N–H and O–H groups in total. The molecule has 2 unspecified atom stereocenters. The van der Waals surface area contributed by atoms with Crippen molar-refractivity contribution in [2.75, 3.05) is 40.3 Å². The Labute approximate surface area is 205 Å². The number of benzene rings is 2. The summed E-state index contributed by atoms with van der Waals surface area (Å²) in [4.78, 5) is 32.5. The quantitative estimate of drug-likeness (QED) is 0.249. The Morgan fingerprint density at radius 3 is 2.51 bits per heavy atom. The Morgan fingerprint density at radius 1 is 1.11 bits per heavy atom. The first-order valence-electron chi connectivity index (χ1n) is 12.5. The number of Topliss-reactive ketones (excluding diaryl/α,β-unsaturated/α-hetero) is 1. The number of carbonyl (C=O) groups is 1. The van der Waals surface area contributed by atoms with Crippen molar-refractivity contribution >= 4 is 16.8 Å². The third-order valence-electron chi connectivity index (χ3n) is 6.86. The van der Waals surface area contributed by atoms with Gasteiger partial charge in [-0.25, -0.2) is 9.18 Å². The molecule has 4 rings (SSSR count). The zero-order chi connectivity index (χ0) is 24.8. The van der Waals surface area contributed by atoms with Gasteiger partial charge in [-0.3, -0.25) is 14.3 Å². The van der Waals surface area contributed by atoms with Crippen molar-refractivity contribution in [3.8, 4) is 0 Å². The highest BCUT2D eigenvalue weighted by Gasteiger charge is 2.31. The van der Waals surface area contributed by atoms with E-state index in [9.17, 15) is 9.59 Å². The lowest BCUT2D eigenvalue weighted by molar-refractivity contribution is 0.0360. The molecule has 1 saturated heterocycles. The summed E-state index contributed by atoms with van der Waals surface area (Å²) < 4.78 is 17.3. The number of carbonyl (C=O) groups excluding carboxylic acids is 1. The number of nitrogens with zero attached hydrogens (tertiary/aromatic N) is 3. The minimum atomic E-state index is -1.23. The number of hydrogen-bond donors (Lipinski definition) is 2. The fourth-order valence-electron chi connectivity index (χ4n) is 4.96. The van der Waals surface area contributed by atoms with Crippen LogP contribution in [0, 0.1) is 0 Å². The third kappa shape index (κ3) is 6.25. The molecule has 1 aliphatic heterocycles. The molecule has 7 nitrogen and oxygen atoms in total. The molecule has 1 fully saturated rings. The van der Waals surface area contributed by atoms with Crippen LogP contribution in [-0.4, -0.2) is 77.7 Å². The van der Waals surface area contributed by atoms with Gasteiger partial charge in [0.05, 0.1) is 17.1 Å². The molecule has 0 spiro atoms. The summed E-state index contributed by atoms with van der Waals surface area (Å²) >= 11 is 0. The Balaban J connectivity index is 1.38. The molecule has 0 aliphatic carbocycles. The molecule has 2 atom stereocenters. The van der Waals surface area contributed by atoms with E-state index in [4.69, 9.17) is 0 Å². The predicted octanol–water partition coefficient (Wildman–Crippen LogP) is 3.45. The number of para-hydroxylation sites is 2. The van der Waals surface area contributed by atoms with E-state index in [2.05, 4.69) is 15.2 Å². The molecule has 0 radical (unpaired) electrons. The minimum Gasteiger partial charge on any atom is -0.309 e. The summed E-state index contributed by atoms with van der Waals surface area (Å²) in [7, 11) is 4.02. The lowest BCUT2D eigenvalue weighted by atomic mass is 9.99. The lowest BCUT2D eigenvalue weighted by Crippen LogP contribution is -2.46. The Bertz CT molecular complexity index is 1150. The zero-order valence-corrected chi connectivity index (χ0v) is 20.6. The summed E-state index contributed by atoms with van der Waals surface area (Å²) in [5.41, 5.74) is 2.20. The number of likely N-dealkylation sites (tertiary alicyclic amines) is 1.